The molecule has 14 heteroatoms. The molecule has 0 aliphatic carbocycles. The van der Waals surface area contributed by atoms with Crippen molar-refractivity contribution in [2.75, 3.05) is 72.7 Å². The van der Waals surface area contributed by atoms with Gasteiger partial charge < -0.3 is 66.3 Å². The number of hydrogen-bond acceptors (Lipinski definition) is 14. The predicted octanol–water partition coefficient (Wildman–Crippen LogP) is 13.0. The van der Waals surface area contributed by atoms with Gasteiger partial charge in [-0.15, -0.1) is 0 Å². The fraction of sp³-hybridized carbons (Fsp3) is 0.400. The van der Waals surface area contributed by atoms with E-state index in [2.05, 4.69) is 62.4 Å². The van der Waals surface area contributed by atoms with Gasteiger partial charge in [0.1, 0.15) is 93.7 Å². The van der Waals surface area contributed by atoms with Crippen LogP contribution in [-0.4, -0.2) is 116 Å². The molecule has 14 rings (SSSR count). The van der Waals surface area contributed by atoms with Crippen LogP contribution in [0.15, 0.2) is 188 Å². The normalized spacial score (nSPS) is 20.9. The molecule has 7 aromatic rings. The van der Waals surface area contributed by atoms with E-state index >= 15 is 0 Å². The van der Waals surface area contributed by atoms with E-state index in [1.165, 1.54) is 38.9 Å². The zero-order chi connectivity index (χ0) is 55.3. The van der Waals surface area contributed by atoms with Gasteiger partial charge in [-0.1, -0.05) is 176 Å². The van der Waals surface area contributed by atoms with E-state index in [0.717, 1.165) is 75.7 Å². The molecule has 0 radical (unpaired) electrons. The Bertz CT molecular complexity index is 2610. The van der Waals surface area contributed by atoms with Crippen molar-refractivity contribution in [3.8, 4) is 23.0 Å². The fourth-order valence-electron chi connectivity index (χ4n) is 7.86. The number of ether oxygens (including phenoxy) is 14. The van der Waals surface area contributed by atoms with Crippen LogP contribution in [0.5, 0.6) is 23.0 Å². The summed E-state index contributed by atoms with van der Waals surface area (Å²) in [5.74, 6) is 3.58. The summed E-state index contributed by atoms with van der Waals surface area (Å²) in [7, 11) is 0. The Morgan fingerprint density at radius 1 is 0.310 bits per heavy atom. The molecule has 0 spiro atoms. The lowest BCUT2D eigenvalue weighted by molar-refractivity contribution is 0.0384. The minimum absolute atomic E-state index is 0. The Hall–Kier alpha value is -6.66. The first kappa shape index (κ1) is 64.9. The largest absolute Gasteiger partial charge is 0.491 e. The van der Waals surface area contributed by atoms with Crippen molar-refractivity contribution < 1.29 is 66.3 Å². The average molecular weight is 1150 g/mol. The van der Waals surface area contributed by atoms with Crippen LogP contribution in [-0.2, 0) is 79.0 Å². The van der Waals surface area contributed by atoms with Crippen molar-refractivity contribution in [1.29, 1.82) is 0 Å². The third-order valence-electron chi connectivity index (χ3n) is 13.5. The Morgan fingerprint density at radius 2 is 0.548 bits per heavy atom. The Kier molecular flexibility index (Phi) is 26.1. The molecule has 450 valence electrons. The number of hydrogen-bond donors (Lipinski definition) is 0. The summed E-state index contributed by atoms with van der Waals surface area (Å²) in [6, 6.07) is 63.5. The molecule has 7 saturated heterocycles. The minimum Gasteiger partial charge on any atom is -0.491 e. The van der Waals surface area contributed by atoms with Crippen molar-refractivity contribution in [3.05, 3.63) is 227 Å². The first-order valence-corrected chi connectivity index (χ1v) is 28.0. The molecule has 7 atom stereocenters. The smallest absolute Gasteiger partial charge is 0.181 e. The third kappa shape index (κ3) is 24.9. The second-order valence-electron chi connectivity index (χ2n) is 20.9. The lowest BCUT2D eigenvalue weighted by Gasteiger charge is -2.26. The molecule has 7 aliphatic heterocycles. The molecule has 7 fully saturated rings. The summed E-state index contributed by atoms with van der Waals surface area (Å²) in [5, 5.41) is 0. The van der Waals surface area contributed by atoms with Gasteiger partial charge in [0.15, 0.2) is 18.9 Å². The molecule has 84 heavy (non-hydrogen) atoms. The van der Waals surface area contributed by atoms with Crippen LogP contribution >= 0.6 is 0 Å². The molecule has 7 aliphatic rings. The summed E-state index contributed by atoms with van der Waals surface area (Å²) in [6.45, 7) is 14.6. The van der Waals surface area contributed by atoms with Crippen LogP contribution in [0, 0.1) is 0 Å². The maximum Gasteiger partial charge on any atom is 0.181 e. The standard InChI is InChI=1S/C21H24O4.C19H20O4.3C9H10O2.3CH4/c1-21(2,15-3-7-17(8-4-15)22-11-19-13-24-19)16-5-9-18(10-6-16)23-12-20-14-25-20;1-5-16(20-10-18-12-22-18)6-2-14(1)9-15-3-7-17(8-4-15)21-11-19-13-23-19;3*1-2-4-8(5-3-1)6-10-9-7-11-9;;;/h3-10,19-20H,11-14H2,1-2H3;1-8,18-19H,9-13H2;3*1-5,9H,6-7H2;3*1H4. The van der Waals surface area contributed by atoms with Crippen molar-refractivity contribution in [2.45, 2.75) is 111 Å². The summed E-state index contributed by atoms with van der Waals surface area (Å²) >= 11 is 0. The Morgan fingerprint density at radius 3 is 0.774 bits per heavy atom. The van der Waals surface area contributed by atoms with Crippen LogP contribution in [0.2, 0.25) is 0 Å². The maximum atomic E-state index is 5.72. The van der Waals surface area contributed by atoms with E-state index in [-0.39, 0.29) is 58.8 Å². The van der Waals surface area contributed by atoms with E-state index in [1.807, 2.05) is 140 Å². The van der Waals surface area contributed by atoms with Gasteiger partial charge in [0.2, 0.25) is 0 Å². The molecule has 7 unspecified atom stereocenters. The highest BCUT2D eigenvalue weighted by Gasteiger charge is 2.28. The van der Waals surface area contributed by atoms with Gasteiger partial charge >= 0.3 is 0 Å². The molecule has 0 N–H and O–H groups in total. The Labute approximate surface area is 498 Å². The minimum atomic E-state index is -0.0870. The van der Waals surface area contributed by atoms with Crippen molar-refractivity contribution in [3.63, 3.8) is 0 Å². The zero-order valence-electron chi connectivity index (χ0n) is 46.3. The summed E-state index contributed by atoms with van der Waals surface area (Å²) in [4.78, 5) is 0. The fourth-order valence-corrected chi connectivity index (χ4v) is 7.86. The van der Waals surface area contributed by atoms with Crippen LogP contribution in [0.1, 0.15) is 75.1 Å². The first-order chi connectivity index (χ1) is 39.8. The molecular weight excluding hydrogens is 1060 g/mol. The van der Waals surface area contributed by atoms with Gasteiger partial charge in [0.05, 0.1) is 46.2 Å². The highest BCUT2D eigenvalue weighted by molar-refractivity contribution is 5.42. The molecule has 7 aromatic carbocycles. The predicted molar refractivity (Wildman–Crippen MR) is 325 cm³/mol. The Balaban J connectivity index is 0.000000157. The summed E-state index contributed by atoms with van der Waals surface area (Å²) in [6.07, 6.45) is 2.24. The van der Waals surface area contributed by atoms with Crippen LogP contribution in [0.3, 0.4) is 0 Å². The van der Waals surface area contributed by atoms with E-state index in [0.29, 0.717) is 58.5 Å². The van der Waals surface area contributed by atoms with Gasteiger partial charge in [-0.25, -0.2) is 0 Å². The molecule has 14 nitrogen and oxygen atoms in total. The highest BCUT2D eigenvalue weighted by Crippen LogP contribution is 2.34. The lowest BCUT2D eigenvalue weighted by atomic mass is 9.78. The molecule has 7 heterocycles. The zero-order valence-corrected chi connectivity index (χ0v) is 46.3. The van der Waals surface area contributed by atoms with Crippen LogP contribution in [0.25, 0.3) is 0 Å². The topological polar surface area (TPSA) is 152 Å². The molecule has 0 bridgehead atoms. The van der Waals surface area contributed by atoms with E-state index < -0.39 is 0 Å². The van der Waals surface area contributed by atoms with E-state index in [1.54, 1.807) is 0 Å². The van der Waals surface area contributed by atoms with Crippen LogP contribution < -0.4 is 18.9 Å². The van der Waals surface area contributed by atoms with Gasteiger partial charge in [-0.05, 0) is 93.9 Å². The summed E-state index contributed by atoms with van der Waals surface area (Å²) in [5.41, 5.74) is 8.54. The maximum absolute atomic E-state index is 5.72. The third-order valence-corrected chi connectivity index (χ3v) is 13.5. The SMILES string of the molecule is C.C.C.CC(C)(c1ccc(OCC2CO2)cc1)c1ccc(OCC2CO2)cc1.c1cc(OCC2CO2)ccc1Cc1ccc(OCC2CO2)cc1.c1ccc(COC2CO2)cc1.c1ccc(COC2CO2)cc1.c1ccc(COC2CO2)cc1. The van der Waals surface area contributed by atoms with Gasteiger partial charge in [-0.2, -0.15) is 0 Å². The quantitative estimate of drug-likeness (QED) is 0.0499. The summed E-state index contributed by atoms with van der Waals surface area (Å²) < 4.78 is 74.0. The van der Waals surface area contributed by atoms with Gasteiger partial charge in [0, 0.05) is 5.41 Å². The highest BCUT2D eigenvalue weighted by atomic mass is 16.8. The molecular formula is C70H86O14. The van der Waals surface area contributed by atoms with Gasteiger partial charge in [-0.3, -0.25) is 0 Å². The average Bonchev–Trinajstić information content (AvgIpc) is 4.52. The van der Waals surface area contributed by atoms with Crippen molar-refractivity contribution in [2.24, 2.45) is 0 Å². The monoisotopic (exact) mass is 1150 g/mol. The lowest BCUT2D eigenvalue weighted by Crippen LogP contribution is -2.18. The van der Waals surface area contributed by atoms with Crippen LogP contribution in [0.4, 0.5) is 0 Å². The number of rotatable bonds is 25. The molecule has 0 amide bonds. The van der Waals surface area contributed by atoms with E-state index in [9.17, 15) is 0 Å². The van der Waals surface area contributed by atoms with Crippen molar-refractivity contribution in [1.82, 2.24) is 0 Å². The number of epoxide rings is 7. The first-order valence-electron chi connectivity index (χ1n) is 28.0. The molecule has 0 aromatic heterocycles. The molecule has 0 saturated carbocycles. The second kappa shape index (κ2) is 33.7. The second-order valence-corrected chi connectivity index (χ2v) is 20.9. The van der Waals surface area contributed by atoms with Gasteiger partial charge in [0.25, 0.3) is 0 Å². The van der Waals surface area contributed by atoms with E-state index in [4.69, 9.17) is 66.3 Å². The number of benzene rings is 7. The van der Waals surface area contributed by atoms with Crippen molar-refractivity contribution >= 4 is 0 Å².